The Hall–Kier alpha value is -3.13. The molecule has 29 heavy (non-hydrogen) atoms. The van der Waals surface area contributed by atoms with Gasteiger partial charge in [0.25, 0.3) is 0 Å². The van der Waals surface area contributed by atoms with Crippen molar-refractivity contribution in [2.24, 2.45) is 0 Å². The Morgan fingerprint density at radius 1 is 0.552 bits per heavy atom. The van der Waals surface area contributed by atoms with Crippen molar-refractivity contribution in [3.05, 3.63) is 94.0 Å². The van der Waals surface area contributed by atoms with Gasteiger partial charge in [-0.1, -0.05) is 53.6 Å². The maximum absolute atomic E-state index is 5.07. The second-order valence-electron chi connectivity index (χ2n) is 8.23. The van der Waals surface area contributed by atoms with E-state index >= 15 is 0 Å². The fraction of sp³-hybridized carbons (Fsp3) is 0.222. The Kier molecular flexibility index (Phi) is 4.87. The summed E-state index contributed by atoms with van der Waals surface area (Å²) in [4.78, 5) is 0. The van der Waals surface area contributed by atoms with Crippen LogP contribution in [0.3, 0.4) is 0 Å². The summed E-state index contributed by atoms with van der Waals surface area (Å²) < 4.78 is 2.10. The normalized spacial score (nSPS) is 11.1. The molecule has 0 aliphatic carbocycles. The first-order valence-corrected chi connectivity index (χ1v) is 10.2. The van der Waals surface area contributed by atoms with Crippen LogP contribution in [0.4, 0.5) is 0 Å². The summed E-state index contributed by atoms with van der Waals surface area (Å²) >= 11 is 0. The predicted molar refractivity (Wildman–Crippen MR) is 123 cm³/mol. The van der Waals surface area contributed by atoms with E-state index < -0.39 is 0 Å². The molecular weight excluding hydrogens is 352 g/mol. The smallest absolute Gasteiger partial charge is 0.0936 e. The third-order valence-corrected chi connectivity index (χ3v) is 5.76. The molecule has 0 saturated heterocycles. The zero-order chi connectivity index (χ0) is 20.7. The van der Waals surface area contributed by atoms with Crippen LogP contribution in [0, 0.1) is 41.5 Å². The van der Waals surface area contributed by atoms with Gasteiger partial charge < -0.3 is 0 Å². The lowest BCUT2D eigenvalue weighted by Crippen LogP contribution is -2.01. The molecule has 1 aromatic heterocycles. The van der Waals surface area contributed by atoms with Gasteiger partial charge >= 0.3 is 0 Å². The summed E-state index contributed by atoms with van der Waals surface area (Å²) in [5, 5.41) is 5.07. The van der Waals surface area contributed by atoms with Crippen molar-refractivity contribution in [3.8, 4) is 28.2 Å². The third kappa shape index (κ3) is 3.63. The Labute approximate surface area is 173 Å². The third-order valence-electron chi connectivity index (χ3n) is 5.76. The summed E-state index contributed by atoms with van der Waals surface area (Å²) in [6.45, 7) is 12.9. The van der Waals surface area contributed by atoms with E-state index in [2.05, 4.69) is 107 Å². The van der Waals surface area contributed by atoms with Crippen molar-refractivity contribution in [3.63, 3.8) is 0 Å². The number of nitrogens with zero attached hydrogens (tertiary/aromatic N) is 2. The summed E-state index contributed by atoms with van der Waals surface area (Å²) in [6.07, 6.45) is 0. The van der Waals surface area contributed by atoms with Gasteiger partial charge in [-0.2, -0.15) is 5.10 Å². The molecule has 0 fully saturated rings. The van der Waals surface area contributed by atoms with Gasteiger partial charge in [0.05, 0.1) is 17.1 Å². The molecule has 0 aliphatic rings. The van der Waals surface area contributed by atoms with Gasteiger partial charge in [0, 0.05) is 11.1 Å². The van der Waals surface area contributed by atoms with Crippen LogP contribution in [-0.2, 0) is 0 Å². The quantitative estimate of drug-likeness (QED) is 0.372. The Bertz CT molecular complexity index is 1210. The van der Waals surface area contributed by atoms with Gasteiger partial charge in [0.1, 0.15) is 0 Å². The molecule has 0 saturated carbocycles. The zero-order valence-corrected chi connectivity index (χ0v) is 18.2. The molecule has 0 N–H and O–H groups in total. The molecule has 0 bridgehead atoms. The van der Waals surface area contributed by atoms with E-state index in [9.17, 15) is 0 Å². The van der Waals surface area contributed by atoms with Gasteiger partial charge in [0.2, 0.25) is 0 Å². The summed E-state index contributed by atoms with van der Waals surface area (Å²) in [7, 11) is 0. The van der Waals surface area contributed by atoms with Gasteiger partial charge in [-0.15, -0.1) is 0 Å². The average molecular weight is 381 g/mol. The van der Waals surface area contributed by atoms with E-state index in [1.807, 2.05) is 0 Å². The fourth-order valence-electron chi connectivity index (χ4n) is 3.96. The van der Waals surface area contributed by atoms with Crippen molar-refractivity contribution in [1.82, 2.24) is 9.78 Å². The van der Waals surface area contributed by atoms with Gasteiger partial charge in [0.15, 0.2) is 0 Å². The predicted octanol–water partition coefficient (Wildman–Crippen LogP) is 7.06. The highest BCUT2D eigenvalue weighted by Crippen LogP contribution is 2.33. The first-order chi connectivity index (χ1) is 13.8. The molecule has 1 heterocycles. The minimum Gasteiger partial charge on any atom is -0.232 e. The van der Waals surface area contributed by atoms with Crippen LogP contribution in [-0.4, -0.2) is 9.78 Å². The molecular formula is C27H28N2. The minimum absolute atomic E-state index is 1.01. The van der Waals surface area contributed by atoms with Gasteiger partial charge in [-0.3, -0.25) is 0 Å². The lowest BCUT2D eigenvalue weighted by molar-refractivity contribution is 0.888. The molecule has 0 radical (unpaired) electrons. The van der Waals surface area contributed by atoms with Crippen molar-refractivity contribution < 1.29 is 0 Å². The highest BCUT2D eigenvalue weighted by atomic mass is 15.3. The number of hydrogen-bond donors (Lipinski definition) is 0. The number of aryl methyl sites for hydroxylation is 6. The highest BCUT2D eigenvalue weighted by molar-refractivity contribution is 5.74. The Morgan fingerprint density at radius 3 is 1.76 bits per heavy atom. The molecule has 3 aromatic carbocycles. The van der Waals surface area contributed by atoms with Crippen molar-refractivity contribution >= 4 is 0 Å². The van der Waals surface area contributed by atoms with E-state index in [0.717, 1.165) is 17.1 Å². The molecule has 0 spiro atoms. The number of rotatable bonds is 3. The van der Waals surface area contributed by atoms with Gasteiger partial charge in [-0.25, -0.2) is 4.68 Å². The molecule has 2 heteroatoms. The largest absolute Gasteiger partial charge is 0.232 e. The van der Waals surface area contributed by atoms with E-state index in [4.69, 9.17) is 5.10 Å². The van der Waals surface area contributed by atoms with Crippen LogP contribution in [0.15, 0.2) is 60.7 Å². The summed E-state index contributed by atoms with van der Waals surface area (Å²) in [5.74, 6) is 0. The van der Waals surface area contributed by atoms with Crippen LogP contribution in [0.5, 0.6) is 0 Å². The topological polar surface area (TPSA) is 17.8 Å². The lowest BCUT2D eigenvalue weighted by atomic mass is 10.00. The fourth-order valence-corrected chi connectivity index (χ4v) is 3.96. The van der Waals surface area contributed by atoms with Crippen LogP contribution >= 0.6 is 0 Å². The van der Waals surface area contributed by atoms with Crippen molar-refractivity contribution in [1.29, 1.82) is 0 Å². The molecule has 0 unspecified atom stereocenters. The van der Waals surface area contributed by atoms with Crippen molar-refractivity contribution in [2.45, 2.75) is 41.5 Å². The van der Waals surface area contributed by atoms with Crippen molar-refractivity contribution in [2.75, 3.05) is 0 Å². The van der Waals surface area contributed by atoms with E-state index in [-0.39, 0.29) is 0 Å². The minimum atomic E-state index is 1.01. The first kappa shape index (κ1) is 19.2. The summed E-state index contributed by atoms with van der Waals surface area (Å²) in [5.41, 5.74) is 13.3. The summed E-state index contributed by atoms with van der Waals surface area (Å²) in [6, 6.07) is 22.0. The van der Waals surface area contributed by atoms with Crippen LogP contribution in [0.2, 0.25) is 0 Å². The zero-order valence-electron chi connectivity index (χ0n) is 18.2. The number of benzene rings is 3. The molecule has 146 valence electrons. The monoisotopic (exact) mass is 380 g/mol. The van der Waals surface area contributed by atoms with Crippen LogP contribution in [0.25, 0.3) is 28.2 Å². The van der Waals surface area contributed by atoms with Gasteiger partial charge in [-0.05, 0) is 82.0 Å². The maximum Gasteiger partial charge on any atom is 0.0936 e. The molecule has 2 nitrogen and oxygen atoms in total. The average Bonchev–Trinajstić information content (AvgIpc) is 3.08. The number of hydrogen-bond acceptors (Lipinski definition) is 1. The molecule has 0 amide bonds. The van der Waals surface area contributed by atoms with Crippen LogP contribution in [0.1, 0.15) is 33.4 Å². The second kappa shape index (κ2) is 7.36. The lowest BCUT2D eigenvalue weighted by Gasteiger charge is -2.12. The molecule has 0 aliphatic heterocycles. The molecule has 4 rings (SSSR count). The van der Waals surface area contributed by atoms with E-state index in [0.29, 0.717) is 0 Å². The maximum atomic E-state index is 5.07. The first-order valence-electron chi connectivity index (χ1n) is 10.2. The highest BCUT2D eigenvalue weighted by Gasteiger charge is 2.16. The Balaban J connectivity index is 1.97. The van der Waals surface area contributed by atoms with E-state index in [1.165, 1.54) is 44.5 Å². The SMILES string of the molecule is Cc1ccc(-c2cc(-c3ccc(C)cc3C)n(-c3ccc(C)c(C)c3)n2)c(C)c1. The molecule has 4 aromatic rings. The standard InChI is InChI=1S/C27H28N2/c1-17-7-11-24(21(5)13-17)26-16-27(25-12-8-18(2)14-22(25)6)29(28-26)23-10-9-19(3)20(4)15-23/h7-16H,1-6H3. The number of aromatic nitrogens is 2. The Morgan fingerprint density at radius 2 is 1.17 bits per heavy atom. The molecule has 0 atom stereocenters. The van der Waals surface area contributed by atoms with Crippen LogP contribution < -0.4 is 0 Å². The van der Waals surface area contributed by atoms with E-state index in [1.54, 1.807) is 0 Å². The second-order valence-corrected chi connectivity index (χ2v) is 8.23.